The van der Waals surface area contributed by atoms with Crippen molar-refractivity contribution in [1.29, 1.82) is 0 Å². The van der Waals surface area contributed by atoms with Crippen LogP contribution in [0.2, 0.25) is 0 Å². The number of hydrogen-bond donors (Lipinski definition) is 1. The Hall–Kier alpha value is -1.83. The van der Waals surface area contributed by atoms with E-state index in [-0.39, 0.29) is 6.61 Å². The van der Waals surface area contributed by atoms with E-state index < -0.39 is 6.09 Å². The zero-order chi connectivity index (χ0) is 30.7. The van der Waals surface area contributed by atoms with Crippen molar-refractivity contribution in [1.82, 2.24) is 5.32 Å². The van der Waals surface area contributed by atoms with Gasteiger partial charge in [0.05, 0.1) is 99.1 Å². The monoisotopic (exact) mass is 615 g/mol. The van der Waals surface area contributed by atoms with Crippen LogP contribution in [0.3, 0.4) is 0 Å². The second-order valence-corrected chi connectivity index (χ2v) is 9.66. The number of nitrogens with one attached hydrogen (secondary N) is 1. The lowest BCUT2D eigenvalue weighted by Gasteiger charge is -2.09. The van der Waals surface area contributed by atoms with Crippen molar-refractivity contribution in [3.63, 3.8) is 0 Å². The summed E-state index contributed by atoms with van der Waals surface area (Å²) in [6.45, 7) is 11.4. The Morgan fingerprint density at radius 2 is 0.907 bits per heavy atom. The van der Waals surface area contributed by atoms with Crippen molar-refractivity contribution in [3.05, 3.63) is 35.9 Å². The summed E-state index contributed by atoms with van der Waals surface area (Å²) in [5.74, 6) is 0. The molecule has 1 aromatic carbocycles. The van der Waals surface area contributed by atoms with Gasteiger partial charge < -0.3 is 47.9 Å². The summed E-state index contributed by atoms with van der Waals surface area (Å²) in [5.41, 5.74) is 0.943. The molecule has 0 aliphatic heterocycles. The molecule has 0 spiro atoms. The predicted molar refractivity (Wildman–Crippen MR) is 165 cm³/mol. The lowest BCUT2D eigenvalue weighted by atomic mass is 10.1. The van der Waals surface area contributed by atoms with Gasteiger partial charge in [0.15, 0.2) is 0 Å². The van der Waals surface area contributed by atoms with Gasteiger partial charge in [0.25, 0.3) is 0 Å². The highest BCUT2D eigenvalue weighted by molar-refractivity contribution is 5.67. The van der Waals surface area contributed by atoms with Gasteiger partial charge in [-0.1, -0.05) is 69.4 Å². The fourth-order valence-electron chi connectivity index (χ4n) is 3.63. The van der Waals surface area contributed by atoms with E-state index in [0.29, 0.717) is 106 Å². The van der Waals surface area contributed by atoms with E-state index in [1.54, 1.807) is 0 Å². The van der Waals surface area contributed by atoms with Crippen LogP contribution in [0.25, 0.3) is 0 Å². The van der Waals surface area contributed by atoms with Crippen LogP contribution in [0.4, 0.5) is 4.79 Å². The van der Waals surface area contributed by atoms with Crippen LogP contribution in [-0.4, -0.2) is 118 Å². The molecule has 11 heteroatoms. The maximum Gasteiger partial charge on any atom is 0.407 e. The molecule has 11 nitrogen and oxygen atoms in total. The van der Waals surface area contributed by atoms with Gasteiger partial charge in [0.2, 0.25) is 0 Å². The largest absolute Gasteiger partial charge is 0.445 e. The number of hydrogen-bond acceptors (Lipinski definition) is 10. The number of ether oxygens (including phenoxy) is 9. The number of carbonyl (C=O) groups excluding carboxylic acids is 1. The lowest BCUT2D eigenvalue weighted by molar-refractivity contribution is -0.0230. The molecule has 0 saturated carbocycles. The summed E-state index contributed by atoms with van der Waals surface area (Å²) in [7, 11) is 0. The fourth-order valence-corrected chi connectivity index (χ4v) is 3.63. The maximum atomic E-state index is 11.6. The Balaban J connectivity index is 1.65. The van der Waals surface area contributed by atoms with Gasteiger partial charge >= 0.3 is 6.09 Å². The predicted octanol–water partition coefficient (Wildman–Crippen LogP) is 4.41. The highest BCUT2D eigenvalue weighted by Gasteiger charge is 2.02. The van der Waals surface area contributed by atoms with E-state index >= 15 is 0 Å². The van der Waals surface area contributed by atoms with E-state index in [1.807, 2.05) is 30.3 Å². The van der Waals surface area contributed by atoms with Gasteiger partial charge in [-0.2, -0.15) is 0 Å². The van der Waals surface area contributed by atoms with Crippen molar-refractivity contribution in [2.45, 2.75) is 52.1 Å². The summed E-state index contributed by atoms with van der Waals surface area (Å²) < 4.78 is 49.0. The molecule has 0 radical (unpaired) electrons. The third kappa shape index (κ3) is 30.0. The molecular weight excluding hydrogens is 558 g/mol. The normalized spacial score (nSPS) is 11.2. The van der Waals surface area contributed by atoms with Crippen molar-refractivity contribution in [3.8, 4) is 0 Å². The summed E-state index contributed by atoms with van der Waals surface area (Å²) >= 11 is 0. The number of carbonyl (C=O) groups is 1. The lowest BCUT2D eigenvalue weighted by Crippen LogP contribution is -2.28. The Labute approximate surface area is 259 Å². The maximum absolute atomic E-state index is 11.6. The minimum Gasteiger partial charge on any atom is -0.445 e. The number of alkyl carbamates (subject to hydrolysis) is 1. The van der Waals surface area contributed by atoms with Crippen LogP contribution < -0.4 is 5.32 Å². The van der Waals surface area contributed by atoms with Crippen LogP contribution in [0, 0.1) is 0 Å². The SMILES string of the molecule is CCCCCCCCOCCOCCOCCOCCOCCOCCOCCOCCNC(=O)OCc1ccccc1. The molecule has 0 heterocycles. The first-order valence-electron chi connectivity index (χ1n) is 15.9. The molecule has 1 amide bonds. The standard InChI is InChI=1S/C32H57NO10/c1-2-3-4-5-6-10-14-35-16-18-37-20-22-39-24-26-41-28-29-42-27-25-40-23-21-38-19-17-36-15-13-33-32(34)43-30-31-11-8-7-9-12-31/h7-9,11-12H,2-6,10,13-30H2,1H3,(H,33,34). The second-order valence-electron chi connectivity index (χ2n) is 9.66. The Kier molecular flexibility index (Phi) is 30.1. The van der Waals surface area contributed by atoms with Gasteiger partial charge in [0.1, 0.15) is 6.61 Å². The molecule has 1 aromatic rings. The van der Waals surface area contributed by atoms with E-state index in [0.717, 1.165) is 18.6 Å². The Morgan fingerprint density at radius 1 is 0.512 bits per heavy atom. The molecule has 0 aliphatic rings. The molecular formula is C32H57NO10. The number of rotatable bonds is 33. The fraction of sp³-hybridized carbons (Fsp3) is 0.781. The van der Waals surface area contributed by atoms with Crippen molar-refractivity contribution >= 4 is 6.09 Å². The van der Waals surface area contributed by atoms with Gasteiger partial charge in [-0.15, -0.1) is 0 Å². The number of unbranched alkanes of at least 4 members (excludes halogenated alkanes) is 5. The van der Waals surface area contributed by atoms with E-state index in [4.69, 9.17) is 42.6 Å². The molecule has 0 unspecified atom stereocenters. The summed E-state index contributed by atoms with van der Waals surface area (Å²) in [5, 5.41) is 2.65. The van der Waals surface area contributed by atoms with Crippen LogP contribution in [-0.2, 0) is 49.2 Å². The van der Waals surface area contributed by atoms with Crippen molar-refractivity contribution in [2.24, 2.45) is 0 Å². The zero-order valence-corrected chi connectivity index (χ0v) is 26.4. The highest BCUT2D eigenvalue weighted by Crippen LogP contribution is 2.04. The van der Waals surface area contributed by atoms with Gasteiger partial charge in [-0.3, -0.25) is 0 Å². The summed E-state index contributed by atoms with van der Waals surface area (Å²) in [6, 6.07) is 9.52. The minimum atomic E-state index is -0.463. The minimum absolute atomic E-state index is 0.244. The molecule has 1 rings (SSSR count). The summed E-state index contributed by atoms with van der Waals surface area (Å²) in [6.07, 6.45) is 7.21. The number of amides is 1. The van der Waals surface area contributed by atoms with Crippen LogP contribution >= 0.6 is 0 Å². The van der Waals surface area contributed by atoms with Crippen molar-refractivity contribution < 1.29 is 47.4 Å². The van der Waals surface area contributed by atoms with E-state index in [9.17, 15) is 4.79 Å². The quantitative estimate of drug-likeness (QED) is 0.114. The Morgan fingerprint density at radius 3 is 1.37 bits per heavy atom. The van der Waals surface area contributed by atoms with E-state index in [2.05, 4.69) is 12.2 Å². The topological polar surface area (TPSA) is 112 Å². The Bertz CT molecular complexity index is 698. The van der Waals surface area contributed by atoms with E-state index in [1.165, 1.54) is 32.1 Å². The van der Waals surface area contributed by atoms with Crippen LogP contribution in [0.1, 0.15) is 51.0 Å². The average Bonchev–Trinajstić information content (AvgIpc) is 3.03. The first-order chi connectivity index (χ1) is 21.3. The third-order valence-electron chi connectivity index (χ3n) is 5.97. The molecule has 0 fully saturated rings. The molecule has 0 atom stereocenters. The molecule has 250 valence electrons. The first-order valence-corrected chi connectivity index (χ1v) is 15.9. The zero-order valence-electron chi connectivity index (χ0n) is 26.4. The molecule has 43 heavy (non-hydrogen) atoms. The molecule has 0 aliphatic carbocycles. The average molecular weight is 616 g/mol. The number of benzene rings is 1. The van der Waals surface area contributed by atoms with Crippen LogP contribution in [0.5, 0.6) is 0 Å². The molecule has 0 aromatic heterocycles. The third-order valence-corrected chi connectivity index (χ3v) is 5.97. The molecule has 0 bridgehead atoms. The van der Waals surface area contributed by atoms with Gasteiger partial charge in [0, 0.05) is 13.2 Å². The highest BCUT2D eigenvalue weighted by atomic mass is 16.6. The molecule has 0 saturated heterocycles. The second kappa shape index (κ2) is 33.1. The molecule has 1 N–H and O–H groups in total. The van der Waals surface area contributed by atoms with Gasteiger partial charge in [-0.25, -0.2) is 4.79 Å². The van der Waals surface area contributed by atoms with Gasteiger partial charge in [-0.05, 0) is 12.0 Å². The van der Waals surface area contributed by atoms with Crippen LogP contribution in [0.15, 0.2) is 30.3 Å². The first kappa shape index (κ1) is 39.2. The van der Waals surface area contributed by atoms with Crippen molar-refractivity contribution in [2.75, 3.05) is 112 Å². The smallest absolute Gasteiger partial charge is 0.407 e. The summed E-state index contributed by atoms with van der Waals surface area (Å²) in [4.78, 5) is 11.6.